The van der Waals surface area contributed by atoms with Gasteiger partial charge in [-0.25, -0.2) is 13.6 Å². The number of halogens is 2. The molecule has 0 aliphatic carbocycles. The topological polar surface area (TPSA) is 54.5 Å². The van der Waals surface area contributed by atoms with Gasteiger partial charge >= 0.3 is 6.03 Å². The van der Waals surface area contributed by atoms with Crippen LogP contribution in [0.3, 0.4) is 0 Å². The average Bonchev–Trinajstić information content (AvgIpc) is 2.77. The largest absolute Gasteiger partial charge is 0.373 e. The molecule has 2 heterocycles. The summed E-state index contributed by atoms with van der Waals surface area (Å²) in [6, 6.07) is 1.49. The molecule has 1 aromatic rings. The number of nitrogens with zero attached hydrogens (tertiary/aromatic N) is 2. The summed E-state index contributed by atoms with van der Waals surface area (Å²) in [5.41, 5.74) is 0.882. The summed E-state index contributed by atoms with van der Waals surface area (Å²) in [4.78, 5) is 17.3. The molecule has 1 N–H and O–H groups in total. The van der Waals surface area contributed by atoms with Gasteiger partial charge in [0.05, 0.1) is 12.6 Å². The van der Waals surface area contributed by atoms with Crippen LogP contribution in [-0.4, -0.2) is 48.1 Å². The Bertz CT molecular complexity index is 470. The molecule has 0 unspecified atom stereocenters. The molecule has 0 bridgehead atoms. The first kappa shape index (κ1) is 14.6. The van der Waals surface area contributed by atoms with Crippen LogP contribution in [0.15, 0.2) is 24.5 Å². The zero-order valence-electron chi connectivity index (χ0n) is 11.3. The van der Waals surface area contributed by atoms with Gasteiger partial charge in [-0.1, -0.05) is 0 Å². The van der Waals surface area contributed by atoms with E-state index in [4.69, 9.17) is 4.74 Å². The average molecular weight is 285 g/mol. The van der Waals surface area contributed by atoms with E-state index >= 15 is 0 Å². The molecule has 5 nitrogen and oxygen atoms in total. The van der Waals surface area contributed by atoms with Crippen molar-refractivity contribution in [2.45, 2.75) is 24.9 Å². The van der Waals surface area contributed by atoms with Gasteiger partial charge < -0.3 is 15.0 Å². The lowest BCUT2D eigenvalue weighted by molar-refractivity contribution is -0.0223. The van der Waals surface area contributed by atoms with Crippen LogP contribution in [0.2, 0.25) is 0 Å². The van der Waals surface area contributed by atoms with E-state index in [0.29, 0.717) is 0 Å². The van der Waals surface area contributed by atoms with E-state index in [2.05, 4.69) is 10.3 Å². The van der Waals surface area contributed by atoms with Crippen LogP contribution in [0.25, 0.3) is 0 Å². The summed E-state index contributed by atoms with van der Waals surface area (Å²) in [5, 5.41) is 2.32. The molecule has 0 saturated carbocycles. The molecule has 1 fully saturated rings. The Morgan fingerprint density at radius 1 is 1.55 bits per heavy atom. The van der Waals surface area contributed by atoms with Gasteiger partial charge in [0.15, 0.2) is 0 Å². The van der Waals surface area contributed by atoms with Gasteiger partial charge in [-0.2, -0.15) is 0 Å². The number of aromatic nitrogens is 1. The van der Waals surface area contributed by atoms with Gasteiger partial charge in [-0.05, 0) is 24.6 Å². The number of carbonyl (C=O) groups is 1. The molecule has 2 rings (SSSR count). The second-order valence-electron chi connectivity index (χ2n) is 4.85. The maximum atomic E-state index is 13.4. The van der Waals surface area contributed by atoms with Crippen molar-refractivity contribution in [3.63, 3.8) is 0 Å². The lowest BCUT2D eigenvalue weighted by atomic mass is 10.1. The van der Waals surface area contributed by atoms with Crippen molar-refractivity contribution in [3.8, 4) is 0 Å². The monoisotopic (exact) mass is 285 g/mol. The van der Waals surface area contributed by atoms with E-state index in [1.165, 1.54) is 4.90 Å². The van der Waals surface area contributed by atoms with E-state index in [0.717, 1.165) is 5.56 Å². The van der Waals surface area contributed by atoms with Crippen LogP contribution in [0.5, 0.6) is 0 Å². The van der Waals surface area contributed by atoms with Crippen LogP contribution in [0.1, 0.15) is 18.5 Å². The Kier molecular flexibility index (Phi) is 4.17. The van der Waals surface area contributed by atoms with Gasteiger partial charge in [-0.15, -0.1) is 0 Å². The predicted octanol–water partition coefficient (Wildman–Crippen LogP) is 1.82. The van der Waals surface area contributed by atoms with Crippen LogP contribution < -0.4 is 5.32 Å². The highest BCUT2D eigenvalue weighted by molar-refractivity contribution is 5.75. The Morgan fingerprint density at radius 3 is 2.75 bits per heavy atom. The van der Waals surface area contributed by atoms with Crippen LogP contribution in [0.4, 0.5) is 13.6 Å². The van der Waals surface area contributed by atoms with Crippen LogP contribution >= 0.6 is 0 Å². The molecule has 1 aliphatic rings. The molecule has 0 spiro atoms. The standard InChI is InChI=1S/C13H17F2N3O2/c1-9(10-3-5-16-6-4-10)18(2)12(19)17-11-7-20-8-13(11,14)15/h3-6,9,11H,7-8H2,1-2H3,(H,17,19)/t9-,11-/m0/s1. The summed E-state index contributed by atoms with van der Waals surface area (Å²) in [6.07, 6.45) is 3.24. The fraction of sp³-hybridized carbons (Fsp3) is 0.538. The normalized spacial score (nSPS) is 22.3. The van der Waals surface area contributed by atoms with E-state index in [9.17, 15) is 13.6 Å². The number of pyridine rings is 1. The summed E-state index contributed by atoms with van der Waals surface area (Å²) in [7, 11) is 1.56. The number of urea groups is 1. The van der Waals surface area contributed by atoms with Crippen molar-refractivity contribution in [2.75, 3.05) is 20.3 Å². The predicted molar refractivity (Wildman–Crippen MR) is 68.5 cm³/mol. The molecule has 2 amide bonds. The lowest BCUT2D eigenvalue weighted by Crippen LogP contribution is -2.51. The zero-order chi connectivity index (χ0) is 14.8. The minimum Gasteiger partial charge on any atom is -0.373 e. The summed E-state index contributed by atoms with van der Waals surface area (Å²) in [6.45, 7) is 0.996. The van der Waals surface area contributed by atoms with Crippen LogP contribution in [-0.2, 0) is 4.74 Å². The number of ether oxygens (including phenoxy) is 1. The maximum absolute atomic E-state index is 13.4. The molecule has 0 radical (unpaired) electrons. The third kappa shape index (κ3) is 3.04. The molecular weight excluding hydrogens is 268 g/mol. The van der Waals surface area contributed by atoms with Gasteiger partial charge in [0.25, 0.3) is 5.92 Å². The summed E-state index contributed by atoms with van der Waals surface area (Å²) in [5.74, 6) is -3.02. The molecule has 7 heteroatoms. The first-order valence-electron chi connectivity index (χ1n) is 6.30. The SMILES string of the molecule is C[C@@H](c1ccncc1)N(C)C(=O)N[C@H]1COCC1(F)F. The summed E-state index contributed by atoms with van der Waals surface area (Å²) >= 11 is 0. The zero-order valence-corrected chi connectivity index (χ0v) is 11.3. The molecule has 1 saturated heterocycles. The fourth-order valence-electron chi connectivity index (χ4n) is 1.97. The van der Waals surface area contributed by atoms with Crippen molar-refractivity contribution in [1.29, 1.82) is 0 Å². The fourth-order valence-corrected chi connectivity index (χ4v) is 1.97. The third-order valence-electron chi connectivity index (χ3n) is 3.48. The third-order valence-corrected chi connectivity index (χ3v) is 3.48. The highest BCUT2D eigenvalue weighted by Crippen LogP contribution is 2.26. The first-order chi connectivity index (χ1) is 9.42. The maximum Gasteiger partial charge on any atom is 0.318 e. The van der Waals surface area contributed by atoms with E-state index in [-0.39, 0.29) is 12.6 Å². The Labute approximate surface area is 115 Å². The molecule has 1 aliphatic heterocycles. The number of hydrogen-bond donors (Lipinski definition) is 1. The highest BCUT2D eigenvalue weighted by atomic mass is 19.3. The smallest absolute Gasteiger partial charge is 0.318 e. The van der Waals surface area contributed by atoms with Crippen molar-refractivity contribution in [1.82, 2.24) is 15.2 Å². The number of nitrogens with one attached hydrogen (secondary N) is 1. The van der Waals surface area contributed by atoms with Crippen molar-refractivity contribution < 1.29 is 18.3 Å². The summed E-state index contributed by atoms with van der Waals surface area (Å²) < 4.78 is 31.5. The number of carbonyl (C=O) groups excluding carboxylic acids is 1. The van der Waals surface area contributed by atoms with Crippen molar-refractivity contribution in [2.24, 2.45) is 0 Å². The molecule has 0 aromatic carbocycles. The van der Waals surface area contributed by atoms with Crippen molar-refractivity contribution in [3.05, 3.63) is 30.1 Å². The minimum atomic E-state index is -3.02. The number of hydrogen-bond acceptors (Lipinski definition) is 3. The Balaban J connectivity index is 1.99. The van der Waals surface area contributed by atoms with Gasteiger partial charge in [0.1, 0.15) is 12.6 Å². The molecule has 2 atom stereocenters. The van der Waals surface area contributed by atoms with E-state index in [1.807, 2.05) is 6.92 Å². The minimum absolute atomic E-state index is 0.170. The Morgan fingerprint density at radius 2 is 2.20 bits per heavy atom. The molecule has 20 heavy (non-hydrogen) atoms. The van der Waals surface area contributed by atoms with Gasteiger partial charge in [-0.3, -0.25) is 4.98 Å². The number of rotatable bonds is 3. The van der Waals surface area contributed by atoms with E-state index < -0.39 is 24.6 Å². The quantitative estimate of drug-likeness (QED) is 0.921. The number of alkyl halides is 2. The molecule has 1 aromatic heterocycles. The molecule has 110 valence electrons. The molecular formula is C13H17F2N3O2. The second kappa shape index (κ2) is 5.70. The lowest BCUT2D eigenvalue weighted by Gasteiger charge is -2.28. The highest BCUT2D eigenvalue weighted by Gasteiger charge is 2.46. The van der Waals surface area contributed by atoms with Gasteiger partial charge in [0.2, 0.25) is 0 Å². The van der Waals surface area contributed by atoms with Crippen LogP contribution in [0, 0.1) is 0 Å². The number of amides is 2. The van der Waals surface area contributed by atoms with Gasteiger partial charge in [0, 0.05) is 19.4 Å². The van der Waals surface area contributed by atoms with Crippen molar-refractivity contribution >= 4 is 6.03 Å². The Hall–Kier alpha value is -1.76. The second-order valence-corrected chi connectivity index (χ2v) is 4.85. The first-order valence-corrected chi connectivity index (χ1v) is 6.30. The van der Waals surface area contributed by atoms with E-state index in [1.54, 1.807) is 31.6 Å².